The molecule has 0 amide bonds. The van der Waals surface area contributed by atoms with E-state index in [0.717, 1.165) is 6.07 Å². The van der Waals surface area contributed by atoms with Gasteiger partial charge in [-0.05, 0) is 162 Å². The number of H-pyrrole nitrogens is 3. The molecule has 2 radical (unpaired) electrons. The van der Waals surface area contributed by atoms with E-state index in [2.05, 4.69) is 15.0 Å². The number of carbonyl (C=O) groups is 1. The summed E-state index contributed by atoms with van der Waals surface area (Å²) < 4.78 is 305. The number of aromatic nitrogens is 9. The Bertz CT molecular complexity index is 8180. The van der Waals surface area contributed by atoms with Crippen LogP contribution in [0.25, 0.3) is 182 Å². The molecule has 49 heteroatoms. The van der Waals surface area contributed by atoms with Gasteiger partial charge in [-0.2, -0.15) is 33.7 Å². The third kappa shape index (κ3) is 24.3. The zero-order valence-corrected chi connectivity index (χ0v) is 86.7. The quantitative estimate of drug-likeness (QED) is 0.0215. The normalized spacial score (nSPS) is 12.9. The molecule has 4 aliphatic heterocycles. The van der Waals surface area contributed by atoms with Gasteiger partial charge in [0.1, 0.15) is 73.2 Å². The van der Waals surface area contributed by atoms with Gasteiger partial charge in [-0.15, -0.1) is 22.1 Å². The summed E-state index contributed by atoms with van der Waals surface area (Å²) in [5, 5.41) is 0. The number of nitrogens with one attached hydrogen (secondary N) is 3. The van der Waals surface area contributed by atoms with Crippen LogP contribution < -0.4 is 39.5 Å². The summed E-state index contributed by atoms with van der Waals surface area (Å²) >= 11 is 0. The molecule has 16 aromatic rings. The van der Waals surface area contributed by atoms with Crippen molar-refractivity contribution in [1.82, 2.24) is 44.9 Å². The maximum atomic E-state index is 12.9. The maximum absolute atomic E-state index is 12.9. The Labute approximate surface area is 900 Å². The summed E-state index contributed by atoms with van der Waals surface area (Å²) in [6.45, 7) is 0. The molecule has 37 nitrogen and oxygen atoms in total. The number of carbonyl (C=O) groups excluding carboxylic acids is 1. The molecule has 0 saturated carbocycles. The number of hydrogen-bond acceptors (Lipinski definition) is 28. The predicted octanol–water partition coefficient (Wildman–Crippen LogP) is 20.3. The van der Waals surface area contributed by atoms with Gasteiger partial charge in [0, 0.05) is 124 Å². The van der Waals surface area contributed by atoms with E-state index in [1.807, 2.05) is 24.5 Å². The largest absolute Gasteiger partial charge is 2.00 e. The Morgan fingerprint density at radius 2 is 0.430 bits per heavy atom. The predicted molar refractivity (Wildman–Crippen MR) is 561 cm³/mol. The van der Waals surface area contributed by atoms with Crippen LogP contribution in [0.15, 0.2) is 336 Å². The van der Waals surface area contributed by atoms with Gasteiger partial charge >= 0.3 is 46.6 Å². The molecule has 0 saturated heterocycles. The van der Waals surface area contributed by atoms with Crippen LogP contribution in [0.4, 0.5) is 0 Å². The molecular weight excluding hydrogens is 2210 g/mol. The van der Waals surface area contributed by atoms with Crippen LogP contribution in [0.5, 0.6) is 0 Å². The maximum Gasteiger partial charge on any atom is 2.00 e. The summed E-state index contributed by atoms with van der Waals surface area (Å²) in [7, 11) is -41.5. The fourth-order valence-electron chi connectivity index (χ4n) is 16.9. The summed E-state index contributed by atoms with van der Waals surface area (Å²) in [4.78, 5) is 45.9. The molecular formula is C100H80Cu2N9NaO28S9. The third-order valence-corrected chi connectivity index (χ3v) is 31.1. The monoisotopic (exact) mass is 2290 g/mol. The molecule has 0 fully saturated rings. The van der Waals surface area contributed by atoms with Gasteiger partial charge in [0.2, 0.25) is 0 Å². The minimum absolute atomic E-state index is 0. The molecule has 149 heavy (non-hydrogen) atoms. The van der Waals surface area contributed by atoms with Crippen molar-refractivity contribution in [1.29, 1.82) is 0 Å². The van der Waals surface area contributed by atoms with E-state index in [9.17, 15) is 124 Å². The topological polar surface area (TPSA) is 662 Å². The Kier molecular flexibility index (Phi) is 34.4. The van der Waals surface area contributed by atoms with Gasteiger partial charge < -0.3 is 84.1 Å². The van der Waals surface area contributed by atoms with E-state index in [1.165, 1.54) is 200 Å². The van der Waals surface area contributed by atoms with Gasteiger partial charge in [0.05, 0.1) is 70.0 Å². The zero-order valence-electron chi connectivity index (χ0n) is 75.4. The van der Waals surface area contributed by atoms with Crippen molar-refractivity contribution in [3.8, 4) is 89.0 Å². The number of fused-ring (bicyclic) bond motifs is 16. The third-order valence-electron chi connectivity index (χ3n) is 22.7. The van der Waals surface area contributed by atoms with Crippen molar-refractivity contribution >= 4 is 193 Å². The SMILES string of the molecule is C.O=Cc1ccccc1S(=O)(=O)[O-].O=S(=O)(O)c1ccccc1-c1c2nc(c(-c3ccccc3S(O)(O)O)c3ccc([n-]3)c(-c3ccccc3S(O)(O)O)c3nc(c(-c4ccccc4S(=O)(=O)O)c4ccc1[n-]4)C=C3)C=C2.O=S(=O)(O)c1ccccc1-c1c2nc(c(-c3ccccc3S(O)(O)O)c3ccc([nH]3)c(-c3ccccc3S(O)(O)O)c3nc(c(-c4ccccc4S(=O)(=O)O)c4ccc1[nH]4)C=C3)C=C2.[Cu+2].[Cu].[Na+].c1cc[nH]c1. The first-order valence-electron chi connectivity index (χ1n) is 42.1. The molecule has 4 aliphatic rings. The summed E-state index contributed by atoms with van der Waals surface area (Å²) in [6, 6.07) is 67.9. The molecule has 0 spiro atoms. The first kappa shape index (κ1) is 114. The fraction of sp³-hybridized carbons (Fsp3) is 0.0100. The summed E-state index contributed by atoms with van der Waals surface area (Å²) in [5.74, 6) is 0. The molecule has 11 heterocycles. The number of aldehydes is 1. The number of aromatic amines is 3. The molecule has 7 aromatic heterocycles. The van der Waals surface area contributed by atoms with Gasteiger partial charge in [-0.25, -0.2) is 28.4 Å². The smallest absolute Gasteiger partial charge is 0.744 e. The van der Waals surface area contributed by atoms with Crippen LogP contribution in [0.2, 0.25) is 0 Å². The van der Waals surface area contributed by atoms with Crippen molar-refractivity contribution in [2.45, 2.75) is 51.5 Å². The van der Waals surface area contributed by atoms with Crippen LogP contribution in [0.1, 0.15) is 63.3 Å². The Morgan fingerprint density at radius 3 is 0.617 bits per heavy atom. The van der Waals surface area contributed by atoms with Crippen LogP contribution in [0, 0.1) is 0 Å². The first-order chi connectivity index (χ1) is 68.6. The van der Waals surface area contributed by atoms with E-state index in [0.29, 0.717) is 6.29 Å². The van der Waals surface area contributed by atoms with Gasteiger partial charge in [-0.3, -0.25) is 23.0 Å². The Morgan fingerprint density at radius 1 is 0.248 bits per heavy atom. The molecule has 0 unspecified atom stereocenters. The second kappa shape index (κ2) is 45.0. The number of benzene rings is 9. The number of nitrogens with zero attached hydrogens (tertiary/aromatic N) is 6. The average molecular weight is 2290 g/mol. The van der Waals surface area contributed by atoms with Crippen molar-refractivity contribution in [3.05, 3.63) is 343 Å². The van der Waals surface area contributed by atoms with Crippen molar-refractivity contribution in [2.75, 3.05) is 0 Å². The molecule has 19 N–H and O–H groups in total. The van der Waals surface area contributed by atoms with Crippen LogP contribution in [0.3, 0.4) is 0 Å². The van der Waals surface area contributed by atoms with Gasteiger partial charge in [0.25, 0.3) is 40.5 Å². The molecule has 0 atom stereocenters. The van der Waals surface area contributed by atoms with Gasteiger partial charge in [-0.1, -0.05) is 195 Å². The minimum atomic E-state index is -4.88. The standard InChI is InChI=1S/C44H34N4O12S4.C44H32N4O12S4.C7H6O4S.C4H5N.CH4.2Cu.Na/c2*49-61(50,51)37-13-5-1-9-25(37)41-29-17-19-31(45-29)42(26-10-2-6-14-38(26)62(52,53)54)33-21-23-35(47-33)44(28-12-4-8-16-40(28)64(58,59)60)36-24-22-34(48-36)43(32-20-18-30(41)46-32)27-11-3-7-15-39(27)63(55,56)57;8-5-6-3-1-2-4-7(6)12(9,10)11;1-2-4-5-3-1;;;;/h1-24,45,48-54H,(H,55,56,57)(H,58,59,60);1-24,49-54H,(H,55,56,57)(H,58,59,60);1-5H,(H,9,10,11);1-5H;1H4;;;/q;-2;;;;;+2;+1/p-1. The molecule has 770 valence electrons. The van der Waals surface area contributed by atoms with E-state index in [4.69, 9.17) is 29.9 Å². The number of hydrogen-bond donors (Lipinski definition) is 19. The van der Waals surface area contributed by atoms with Crippen molar-refractivity contribution in [3.63, 3.8) is 0 Å². The van der Waals surface area contributed by atoms with Gasteiger partial charge in [0.15, 0.2) is 6.29 Å². The molecule has 9 aromatic carbocycles. The zero-order chi connectivity index (χ0) is 103. The molecule has 16 bridgehead atoms. The van der Waals surface area contributed by atoms with Crippen molar-refractivity contribution < 1.29 is 188 Å². The molecule has 20 rings (SSSR count). The molecule has 0 aliphatic carbocycles. The summed E-state index contributed by atoms with van der Waals surface area (Å²) in [6.07, 6.45) is 16.5. The number of rotatable bonds is 18. The first-order valence-corrected chi connectivity index (χ1v) is 55.3. The van der Waals surface area contributed by atoms with E-state index in [-0.39, 0.29) is 275 Å². The van der Waals surface area contributed by atoms with Crippen LogP contribution in [-0.4, -0.2) is 161 Å². The Hall–Kier alpha value is -12.4. The fourth-order valence-corrected chi connectivity index (χ4v) is 23.2. The second-order valence-electron chi connectivity index (χ2n) is 31.8. The average Bonchev–Trinajstić information content (AvgIpc) is 1.60. The van der Waals surface area contributed by atoms with Crippen LogP contribution in [-0.2, 0) is 84.7 Å². The minimum Gasteiger partial charge on any atom is -0.744 e. The second-order valence-corrected chi connectivity index (χ2v) is 44.6. The summed E-state index contributed by atoms with van der Waals surface area (Å²) in [5.41, 5.74) is 4.08. The Balaban J connectivity index is 0.000000209. The van der Waals surface area contributed by atoms with Crippen molar-refractivity contribution in [2.24, 2.45) is 0 Å². The van der Waals surface area contributed by atoms with E-state index in [1.54, 1.807) is 109 Å². The van der Waals surface area contributed by atoms with E-state index < -0.39 is 119 Å². The van der Waals surface area contributed by atoms with E-state index >= 15 is 0 Å². The van der Waals surface area contributed by atoms with Crippen LogP contribution >= 0.6 is 43.5 Å².